The third-order valence-corrected chi connectivity index (χ3v) is 3.40. The predicted molar refractivity (Wildman–Crippen MR) is 81.8 cm³/mol. The topological polar surface area (TPSA) is 63.6 Å². The summed E-state index contributed by atoms with van der Waals surface area (Å²) in [6.07, 6.45) is 3.43. The Morgan fingerprint density at radius 1 is 1.24 bits per heavy atom. The van der Waals surface area contributed by atoms with Crippen molar-refractivity contribution in [2.24, 2.45) is 0 Å². The smallest absolute Gasteiger partial charge is 0.257 e. The monoisotopic (exact) mass is 280 g/mol. The Labute approximate surface area is 122 Å². The van der Waals surface area contributed by atoms with E-state index in [0.29, 0.717) is 12.1 Å². The highest BCUT2D eigenvalue weighted by Gasteiger charge is 2.16. The number of carbonyl (C=O) groups excluding carboxylic acids is 1. The Morgan fingerprint density at radius 3 is 2.76 bits per heavy atom. The van der Waals surface area contributed by atoms with Gasteiger partial charge in [0.05, 0.1) is 17.3 Å². The number of anilines is 1. The number of aromatic nitrogens is 2. The van der Waals surface area contributed by atoms with E-state index >= 15 is 0 Å². The Kier molecular flexibility index (Phi) is 3.31. The molecule has 0 atom stereocenters. The van der Waals surface area contributed by atoms with Crippen LogP contribution in [-0.2, 0) is 6.54 Å². The third-order valence-electron chi connectivity index (χ3n) is 3.40. The van der Waals surface area contributed by atoms with Crippen LogP contribution >= 0.6 is 0 Å². The second-order valence-corrected chi connectivity index (χ2v) is 4.99. The van der Waals surface area contributed by atoms with E-state index < -0.39 is 0 Å². The van der Waals surface area contributed by atoms with Crippen LogP contribution in [0.2, 0.25) is 0 Å². The fourth-order valence-electron chi connectivity index (χ4n) is 2.27. The second kappa shape index (κ2) is 5.28. The molecule has 106 valence electrons. The molecule has 21 heavy (non-hydrogen) atoms. The predicted octanol–water partition coefficient (Wildman–Crippen LogP) is 2.19. The number of hydrogen-bond acceptors (Lipinski definition) is 3. The number of amides is 1. The van der Waals surface area contributed by atoms with Gasteiger partial charge in [0.15, 0.2) is 0 Å². The Morgan fingerprint density at radius 2 is 2.00 bits per heavy atom. The fraction of sp³-hybridized carbons (Fsp3) is 0.125. The summed E-state index contributed by atoms with van der Waals surface area (Å²) in [6, 6.07) is 13.2. The van der Waals surface area contributed by atoms with Crippen molar-refractivity contribution in [2.75, 3.05) is 12.8 Å². The lowest BCUT2D eigenvalue weighted by atomic mass is 10.2. The van der Waals surface area contributed by atoms with Crippen LogP contribution in [0.15, 0.2) is 54.9 Å². The summed E-state index contributed by atoms with van der Waals surface area (Å²) in [6.45, 7) is 0.531. The molecule has 2 N–H and O–H groups in total. The van der Waals surface area contributed by atoms with Gasteiger partial charge in [-0.15, -0.1) is 0 Å². The first-order valence-electron chi connectivity index (χ1n) is 6.67. The maximum atomic E-state index is 12.5. The highest BCUT2D eigenvalue weighted by atomic mass is 16.2. The van der Waals surface area contributed by atoms with Crippen molar-refractivity contribution in [1.82, 2.24) is 14.5 Å². The Bertz CT molecular complexity index is 776. The highest BCUT2D eigenvalue weighted by Crippen LogP contribution is 2.14. The molecule has 2 aromatic heterocycles. The van der Waals surface area contributed by atoms with Crippen LogP contribution in [0.3, 0.4) is 0 Å². The van der Waals surface area contributed by atoms with E-state index in [-0.39, 0.29) is 5.91 Å². The van der Waals surface area contributed by atoms with Crippen molar-refractivity contribution in [3.63, 3.8) is 0 Å². The van der Waals surface area contributed by atoms with Crippen molar-refractivity contribution in [3.05, 3.63) is 66.0 Å². The molecule has 0 saturated carbocycles. The van der Waals surface area contributed by atoms with Crippen molar-refractivity contribution >= 4 is 17.1 Å². The molecule has 0 saturated heterocycles. The van der Waals surface area contributed by atoms with Crippen LogP contribution in [0.25, 0.3) is 5.52 Å². The number of carbonyl (C=O) groups is 1. The van der Waals surface area contributed by atoms with Crippen LogP contribution in [-0.4, -0.2) is 27.5 Å². The number of pyridine rings is 1. The van der Waals surface area contributed by atoms with Gasteiger partial charge in [0, 0.05) is 25.5 Å². The second-order valence-electron chi connectivity index (χ2n) is 4.99. The van der Waals surface area contributed by atoms with E-state index in [2.05, 4.69) is 5.10 Å². The van der Waals surface area contributed by atoms with Gasteiger partial charge in [-0.3, -0.25) is 4.79 Å². The summed E-state index contributed by atoms with van der Waals surface area (Å²) in [4.78, 5) is 14.2. The first-order valence-corrected chi connectivity index (χ1v) is 6.67. The average Bonchev–Trinajstić information content (AvgIpc) is 2.92. The number of benzene rings is 1. The van der Waals surface area contributed by atoms with Crippen LogP contribution in [0.1, 0.15) is 15.9 Å². The van der Waals surface area contributed by atoms with E-state index in [9.17, 15) is 4.79 Å². The maximum absolute atomic E-state index is 12.5. The number of nitrogens with zero attached hydrogens (tertiary/aromatic N) is 3. The normalized spacial score (nSPS) is 10.7. The van der Waals surface area contributed by atoms with Crippen LogP contribution < -0.4 is 5.73 Å². The molecule has 1 aromatic carbocycles. The van der Waals surface area contributed by atoms with Crippen molar-refractivity contribution in [2.45, 2.75) is 6.54 Å². The van der Waals surface area contributed by atoms with Crippen LogP contribution in [0.5, 0.6) is 0 Å². The first-order chi connectivity index (χ1) is 10.1. The van der Waals surface area contributed by atoms with E-state index in [1.165, 1.54) is 0 Å². The zero-order valence-corrected chi connectivity index (χ0v) is 11.7. The van der Waals surface area contributed by atoms with Crippen LogP contribution in [0.4, 0.5) is 5.69 Å². The van der Waals surface area contributed by atoms with E-state index in [1.807, 2.05) is 48.7 Å². The molecule has 0 radical (unpaired) electrons. The number of nitrogen functional groups attached to an aromatic ring is 1. The minimum absolute atomic E-state index is 0.0481. The lowest BCUT2D eigenvalue weighted by Crippen LogP contribution is -2.26. The molecule has 5 heteroatoms. The number of fused-ring (bicyclic) bond motifs is 1. The van der Waals surface area contributed by atoms with Gasteiger partial charge in [-0.2, -0.15) is 5.10 Å². The quantitative estimate of drug-likeness (QED) is 0.748. The van der Waals surface area contributed by atoms with E-state index in [0.717, 1.165) is 16.8 Å². The Hall–Kier alpha value is -2.82. The molecule has 2 heterocycles. The summed E-state index contributed by atoms with van der Waals surface area (Å²) < 4.78 is 1.70. The number of rotatable bonds is 3. The van der Waals surface area contributed by atoms with E-state index in [1.54, 1.807) is 22.7 Å². The van der Waals surface area contributed by atoms with E-state index in [4.69, 9.17) is 5.73 Å². The molecule has 3 aromatic rings. The maximum Gasteiger partial charge on any atom is 0.257 e. The van der Waals surface area contributed by atoms with Gasteiger partial charge in [-0.05, 0) is 29.8 Å². The van der Waals surface area contributed by atoms with Gasteiger partial charge >= 0.3 is 0 Å². The van der Waals surface area contributed by atoms with Crippen molar-refractivity contribution in [1.29, 1.82) is 0 Å². The zero-order chi connectivity index (χ0) is 14.8. The average molecular weight is 280 g/mol. The number of hydrogen-bond donors (Lipinski definition) is 1. The van der Waals surface area contributed by atoms with Gasteiger partial charge in [0.2, 0.25) is 0 Å². The molecule has 0 aliphatic heterocycles. The van der Waals surface area contributed by atoms with Crippen molar-refractivity contribution in [3.8, 4) is 0 Å². The van der Waals surface area contributed by atoms with Gasteiger partial charge in [-0.25, -0.2) is 4.52 Å². The van der Waals surface area contributed by atoms with Gasteiger partial charge < -0.3 is 10.6 Å². The molecule has 5 nitrogen and oxygen atoms in total. The molecular weight excluding hydrogens is 264 g/mol. The minimum atomic E-state index is -0.0481. The molecule has 3 rings (SSSR count). The lowest BCUT2D eigenvalue weighted by molar-refractivity contribution is 0.0787. The first kappa shape index (κ1) is 13.2. The number of nitrogens with two attached hydrogens (primary N) is 1. The van der Waals surface area contributed by atoms with Crippen LogP contribution in [0, 0.1) is 0 Å². The lowest BCUT2D eigenvalue weighted by Gasteiger charge is -2.16. The highest BCUT2D eigenvalue weighted by molar-refractivity contribution is 6.00. The standard InChI is InChI=1S/C16H16N4O/c1-19(11-12-5-7-13(17)8-6-12)16(21)14-10-18-20-9-3-2-4-15(14)20/h2-10H,11,17H2,1H3. The summed E-state index contributed by atoms with van der Waals surface area (Å²) in [5.74, 6) is -0.0481. The van der Waals surface area contributed by atoms with Crippen molar-refractivity contribution < 1.29 is 4.79 Å². The minimum Gasteiger partial charge on any atom is -0.399 e. The summed E-state index contributed by atoms with van der Waals surface area (Å²) in [7, 11) is 1.78. The molecule has 0 bridgehead atoms. The fourth-order valence-corrected chi connectivity index (χ4v) is 2.27. The largest absolute Gasteiger partial charge is 0.399 e. The molecule has 1 amide bonds. The summed E-state index contributed by atoms with van der Waals surface area (Å²) in [5, 5.41) is 4.19. The molecular formula is C16H16N4O. The molecule has 0 aliphatic carbocycles. The SMILES string of the molecule is CN(Cc1ccc(N)cc1)C(=O)c1cnn2ccccc12. The van der Waals surface area contributed by atoms with Gasteiger partial charge in [0.25, 0.3) is 5.91 Å². The summed E-state index contributed by atoms with van der Waals surface area (Å²) >= 11 is 0. The Balaban J connectivity index is 1.82. The molecule has 0 unspecified atom stereocenters. The van der Waals surface area contributed by atoms with Gasteiger partial charge in [-0.1, -0.05) is 18.2 Å². The molecule has 0 fully saturated rings. The molecule has 0 spiro atoms. The molecule has 0 aliphatic rings. The zero-order valence-electron chi connectivity index (χ0n) is 11.7. The summed E-state index contributed by atoms with van der Waals surface area (Å²) in [5.41, 5.74) is 8.84. The van der Waals surface area contributed by atoms with Gasteiger partial charge in [0.1, 0.15) is 0 Å². The third kappa shape index (κ3) is 2.58.